The lowest BCUT2D eigenvalue weighted by atomic mass is 9.93. The van der Waals surface area contributed by atoms with Crippen LogP contribution in [0.1, 0.15) is 191 Å². The van der Waals surface area contributed by atoms with Gasteiger partial charge in [0.2, 0.25) is 5.88 Å². The lowest BCUT2D eigenvalue weighted by Gasteiger charge is -2.20. The minimum Gasteiger partial charge on any atom is -0.450 e. The summed E-state index contributed by atoms with van der Waals surface area (Å²) in [6.07, 6.45) is 30.8. The first-order chi connectivity index (χ1) is 21.2. The van der Waals surface area contributed by atoms with E-state index in [0.29, 0.717) is 31.4 Å². The lowest BCUT2D eigenvalue weighted by Crippen LogP contribution is -2.13. The topological polar surface area (TPSA) is 64.4 Å². The van der Waals surface area contributed by atoms with Gasteiger partial charge in [-0.15, -0.1) is 0 Å². The van der Waals surface area contributed by atoms with Gasteiger partial charge < -0.3 is 14.2 Å². The fourth-order valence-corrected chi connectivity index (χ4v) is 5.92. The maximum Gasteiger partial charge on any atom is 0.220 e. The fourth-order valence-electron chi connectivity index (χ4n) is 5.92. The van der Waals surface area contributed by atoms with Gasteiger partial charge in [-0.3, -0.25) is 0 Å². The molecule has 0 saturated carbocycles. The molecule has 0 unspecified atom stereocenters. The first kappa shape index (κ1) is 39.4. The van der Waals surface area contributed by atoms with E-state index in [-0.39, 0.29) is 6.79 Å². The molecular weight excluding hydrogens is 532 g/mol. The molecule has 0 amide bonds. The molecule has 5 nitrogen and oxygen atoms in total. The van der Waals surface area contributed by atoms with Crippen LogP contribution in [0, 0.1) is 11.3 Å². The van der Waals surface area contributed by atoms with Crippen LogP contribution >= 0.6 is 0 Å². The lowest BCUT2D eigenvalue weighted by molar-refractivity contribution is 0.0187. The Morgan fingerprint density at radius 2 is 0.930 bits per heavy atom. The predicted octanol–water partition coefficient (Wildman–Crippen LogP) is 11.6. The molecule has 1 aromatic rings. The molecule has 0 aliphatic heterocycles. The standard InChI is InChI=1S/C38H68N2O3/c1-5-9-11-13-15-17-19-21-23-25-27-29-34-36(32-41-7-3)35(38(40-37(34)31-39)43-33-42-8-4)30-28-26-24-22-20-18-16-14-12-10-6-2/h5-30,32-33H2,1-4H3. The number of pyridine rings is 1. The summed E-state index contributed by atoms with van der Waals surface area (Å²) >= 11 is 0. The van der Waals surface area contributed by atoms with Crippen molar-refractivity contribution in [2.75, 3.05) is 20.0 Å². The number of rotatable bonds is 31. The maximum atomic E-state index is 10.1. The Labute approximate surface area is 266 Å². The van der Waals surface area contributed by atoms with Crippen LogP contribution < -0.4 is 4.74 Å². The molecule has 0 radical (unpaired) electrons. The SMILES string of the molecule is CCCCCCCCCCCCCc1c(C#N)nc(OCOCC)c(CCCCCCCCCCCCC)c1COCC. The zero-order valence-electron chi connectivity index (χ0n) is 28.9. The van der Waals surface area contributed by atoms with Crippen molar-refractivity contribution in [2.24, 2.45) is 0 Å². The summed E-state index contributed by atoms with van der Waals surface area (Å²) in [6, 6.07) is 2.38. The molecule has 0 spiro atoms. The molecule has 0 atom stereocenters. The third-order valence-corrected chi connectivity index (χ3v) is 8.59. The average Bonchev–Trinajstić information content (AvgIpc) is 3.02. The average molecular weight is 601 g/mol. The number of hydrogen-bond donors (Lipinski definition) is 0. The van der Waals surface area contributed by atoms with Crippen molar-refractivity contribution < 1.29 is 14.2 Å². The normalized spacial score (nSPS) is 11.2. The molecule has 1 heterocycles. The zero-order chi connectivity index (χ0) is 31.2. The highest BCUT2D eigenvalue weighted by Gasteiger charge is 2.21. The quantitative estimate of drug-likeness (QED) is 0.0626. The predicted molar refractivity (Wildman–Crippen MR) is 182 cm³/mol. The van der Waals surface area contributed by atoms with Crippen molar-refractivity contribution in [3.63, 3.8) is 0 Å². The minimum absolute atomic E-state index is 0.158. The van der Waals surface area contributed by atoms with Crippen molar-refractivity contribution in [2.45, 2.75) is 188 Å². The second-order valence-corrected chi connectivity index (χ2v) is 12.3. The van der Waals surface area contributed by atoms with Crippen LogP contribution in [0.15, 0.2) is 0 Å². The third-order valence-electron chi connectivity index (χ3n) is 8.59. The summed E-state index contributed by atoms with van der Waals surface area (Å²) in [6.45, 7) is 10.5. The van der Waals surface area contributed by atoms with Crippen LogP contribution in [0.25, 0.3) is 0 Å². The van der Waals surface area contributed by atoms with Gasteiger partial charge in [-0.1, -0.05) is 142 Å². The summed E-state index contributed by atoms with van der Waals surface area (Å²) in [5.41, 5.74) is 3.84. The minimum atomic E-state index is 0.158. The van der Waals surface area contributed by atoms with E-state index >= 15 is 0 Å². The summed E-state index contributed by atoms with van der Waals surface area (Å²) in [4.78, 5) is 4.75. The van der Waals surface area contributed by atoms with E-state index in [1.54, 1.807) is 0 Å². The molecule has 0 fully saturated rings. The Kier molecular flexibility index (Phi) is 26.6. The van der Waals surface area contributed by atoms with E-state index in [1.807, 2.05) is 13.8 Å². The molecule has 43 heavy (non-hydrogen) atoms. The monoisotopic (exact) mass is 601 g/mol. The van der Waals surface area contributed by atoms with Crippen molar-refractivity contribution in [3.8, 4) is 11.9 Å². The molecule has 1 aromatic heterocycles. The van der Waals surface area contributed by atoms with Crippen molar-refractivity contribution in [1.82, 2.24) is 4.98 Å². The summed E-state index contributed by atoms with van der Waals surface area (Å²) in [5.74, 6) is 0.564. The van der Waals surface area contributed by atoms with Gasteiger partial charge in [0.15, 0.2) is 6.79 Å². The van der Waals surface area contributed by atoms with E-state index < -0.39 is 0 Å². The number of nitrogens with zero attached hydrogens (tertiary/aromatic N) is 2. The van der Waals surface area contributed by atoms with E-state index in [9.17, 15) is 5.26 Å². The Morgan fingerprint density at radius 1 is 0.512 bits per heavy atom. The number of ether oxygens (including phenoxy) is 3. The maximum absolute atomic E-state index is 10.1. The van der Waals surface area contributed by atoms with Crippen molar-refractivity contribution in [1.29, 1.82) is 5.26 Å². The van der Waals surface area contributed by atoms with Crippen molar-refractivity contribution >= 4 is 0 Å². The third kappa shape index (κ3) is 19.4. The van der Waals surface area contributed by atoms with Crippen LogP contribution in [-0.4, -0.2) is 25.0 Å². The second-order valence-electron chi connectivity index (χ2n) is 12.3. The van der Waals surface area contributed by atoms with Gasteiger partial charge >= 0.3 is 0 Å². The molecule has 248 valence electrons. The molecule has 0 N–H and O–H groups in total. The van der Waals surface area contributed by atoms with E-state index in [2.05, 4.69) is 19.9 Å². The van der Waals surface area contributed by atoms with Crippen LogP contribution in [-0.2, 0) is 28.9 Å². The van der Waals surface area contributed by atoms with Crippen LogP contribution in [0.5, 0.6) is 5.88 Å². The van der Waals surface area contributed by atoms with E-state index in [0.717, 1.165) is 42.4 Å². The Balaban J connectivity index is 2.74. The highest BCUT2D eigenvalue weighted by atomic mass is 16.7. The Bertz CT molecular complexity index is 820. The fraction of sp³-hybridized carbons (Fsp3) is 0.842. The highest BCUT2D eigenvalue weighted by Crippen LogP contribution is 2.30. The molecule has 0 aromatic carbocycles. The van der Waals surface area contributed by atoms with Crippen LogP contribution in [0.4, 0.5) is 0 Å². The van der Waals surface area contributed by atoms with Gasteiger partial charge in [0.05, 0.1) is 6.61 Å². The van der Waals surface area contributed by atoms with E-state index in [1.165, 1.54) is 128 Å². The molecule has 0 aliphatic carbocycles. The van der Waals surface area contributed by atoms with Gasteiger partial charge in [-0.2, -0.15) is 5.26 Å². The summed E-state index contributed by atoms with van der Waals surface area (Å²) in [7, 11) is 0. The molecule has 0 bridgehead atoms. The van der Waals surface area contributed by atoms with Gasteiger partial charge in [-0.05, 0) is 50.7 Å². The Morgan fingerprint density at radius 3 is 1.35 bits per heavy atom. The van der Waals surface area contributed by atoms with Crippen LogP contribution in [0.2, 0.25) is 0 Å². The van der Waals surface area contributed by atoms with Gasteiger partial charge in [0.1, 0.15) is 11.8 Å². The Hall–Kier alpha value is -1.64. The number of aromatic nitrogens is 1. The van der Waals surface area contributed by atoms with E-state index in [4.69, 9.17) is 19.2 Å². The van der Waals surface area contributed by atoms with Crippen LogP contribution in [0.3, 0.4) is 0 Å². The molecule has 1 rings (SSSR count). The smallest absolute Gasteiger partial charge is 0.220 e. The first-order valence-electron chi connectivity index (χ1n) is 18.5. The molecular formula is C38H68N2O3. The number of nitriles is 1. The summed E-state index contributed by atoms with van der Waals surface area (Å²) in [5, 5.41) is 10.1. The first-order valence-corrected chi connectivity index (χ1v) is 18.5. The molecule has 5 heteroatoms. The molecule has 0 saturated heterocycles. The van der Waals surface area contributed by atoms with Gasteiger partial charge in [-0.25, -0.2) is 4.98 Å². The van der Waals surface area contributed by atoms with Gasteiger partial charge in [0.25, 0.3) is 0 Å². The largest absolute Gasteiger partial charge is 0.450 e. The number of hydrogen-bond acceptors (Lipinski definition) is 5. The zero-order valence-corrected chi connectivity index (χ0v) is 28.9. The summed E-state index contributed by atoms with van der Waals surface area (Å²) < 4.78 is 17.5. The highest BCUT2D eigenvalue weighted by molar-refractivity contribution is 5.47. The second kappa shape index (κ2) is 29.1. The molecule has 0 aliphatic rings. The van der Waals surface area contributed by atoms with Crippen molar-refractivity contribution in [3.05, 3.63) is 22.4 Å². The number of unbranched alkanes of at least 4 members (excludes halogenated alkanes) is 20. The van der Waals surface area contributed by atoms with Gasteiger partial charge in [0, 0.05) is 18.8 Å².